The van der Waals surface area contributed by atoms with Crippen LogP contribution in [-0.4, -0.2) is 43.4 Å². The van der Waals surface area contributed by atoms with Crippen molar-refractivity contribution in [2.45, 2.75) is 26.8 Å². The van der Waals surface area contributed by atoms with Crippen LogP contribution in [0.5, 0.6) is 0 Å². The number of benzene rings is 2. The molecule has 0 bridgehead atoms. The van der Waals surface area contributed by atoms with Crippen molar-refractivity contribution in [1.29, 1.82) is 0 Å². The highest BCUT2D eigenvalue weighted by Gasteiger charge is 2.33. The number of anilines is 1. The molecule has 0 aliphatic heterocycles. The highest BCUT2D eigenvalue weighted by atomic mass is 16.2. The van der Waals surface area contributed by atoms with Crippen molar-refractivity contribution in [3.8, 4) is 0 Å². The Morgan fingerprint density at radius 3 is 2.15 bits per heavy atom. The van der Waals surface area contributed by atoms with Gasteiger partial charge in [0.05, 0.1) is 7.05 Å². The number of hydrogen-bond donors (Lipinski definition) is 2. The molecule has 27 heavy (non-hydrogen) atoms. The number of hydrogen-bond acceptors (Lipinski definition) is 2. The van der Waals surface area contributed by atoms with Crippen LogP contribution in [0.1, 0.15) is 31.0 Å². The number of quaternary nitrogens is 1. The molecule has 2 aromatic rings. The summed E-state index contributed by atoms with van der Waals surface area (Å²) in [5.41, 5.74) is 2.84. The highest BCUT2D eigenvalue weighted by molar-refractivity contribution is 5.91. The maximum atomic E-state index is 13.1. The first kappa shape index (κ1) is 20.6. The second-order valence-electron chi connectivity index (χ2n) is 6.79. The lowest BCUT2D eigenvalue weighted by Crippen LogP contribution is -3.11. The molecule has 0 saturated heterocycles. The van der Waals surface area contributed by atoms with Gasteiger partial charge in [0.2, 0.25) is 0 Å². The van der Waals surface area contributed by atoms with Crippen LogP contribution in [0.15, 0.2) is 54.6 Å². The van der Waals surface area contributed by atoms with Gasteiger partial charge in [0.15, 0.2) is 12.6 Å². The van der Waals surface area contributed by atoms with Crippen LogP contribution in [0.2, 0.25) is 0 Å². The first-order chi connectivity index (χ1) is 13.0. The van der Waals surface area contributed by atoms with E-state index in [0.717, 1.165) is 21.7 Å². The van der Waals surface area contributed by atoms with E-state index in [1.807, 2.05) is 87.3 Å². The summed E-state index contributed by atoms with van der Waals surface area (Å²) in [4.78, 5) is 28.3. The van der Waals surface area contributed by atoms with E-state index in [1.165, 1.54) is 0 Å². The number of aryl methyl sites for hydroxylation is 1. The maximum absolute atomic E-state index is 13.1. The second kappa shape index (κ2) is 9.88. The standard InChI is InChI=1S/C22H29N3O2/c1-5-25(6-2)22(27)21(18-10-8-7-9-11-18)24(4)16-20(26)23-19-14-12-17(3)13-15-19/h7-15,21H,5-6,16H2,1-4H3,(H,23,26)/p+1/t21-/m1/s1. The molecule has 2 rings (SSSR count). The first-order valence-electron chi connectivity index (χ1n) is 9.48. The minimum absolute atomic E-state index is 0.0480. The predicted octanol–water partition coefficient (Wildman–Crippen LogP) is 2.06. The molecular formula is C22H30N3O2+. The molecule has 0 fully saturated rings. The molecule has 0 aliphatic rings. The van der Waals surface area contributed by atoms with Gasteiger partial charge in [-0.25, -0.2) is 0 Å². The molecule has 2 N–H and O–H groups in total. The molecule has 2 amide bonds. The van der Waals surface area contributed by atoms with Crippen LogP contribution < -0.4 is 10.2 Å². The normalized spacial score (nSPS) is 12.9. The molecule has 0 saturated carbocycles. The Bertz CT molecular complexity index is 740. The monoisotopic (exact) mass is 368 g/mol. The van der Waals surface area contributed by atoms with Crippen LogP contribution in [0.3, 0.4) is 0 Å². The van der Waals surface area contributed by atoms with E-state index < -0.39 is 6.04 Å². The van der Waals surface area contributed by atoms with E-state index in [0.29, 0.717) is 13.1 Å². The lowest BCUT2D eigenvalue weighted by atomic mass is 10.0. The summed E-state index contributed by atoms with van der Waals surface area (Å²) in [6.07, 6.45) is 0. The lowest BCUT2D eigenvalue weighted by molar-refractivity contribution is -0.894. The SMILES string of the molecule is CCN(CC)C(=O)[C@@H](c1ccccc1)[NH+](C)CC(=O)Nc1ccc(C)cc1. The summed E-state index contributed by atoms with van der Waals surface area (Å²) in [5, 5.41) is 2.92. The van der Waals surface area contributed by atoms with Gasteiger partial charge in [0.1, 0.15) is 0 Å². The Kier molecular flexibility index (Phi) is 7.55. The van der Waals surface area contributed by atoms with E-state index in [9.17, 15) is 9.59 Å². The van der Waals surface area contributed by atoms with Crippen molar-refractivity contribution in [2.75, 3.05) is 32.0 Å². The van der Waals surface area contributed by atoms with Crippen molar-refractivity contribution in [3.05, 3.63) is 65.7 Å². The number of nitrogens with one attached hydrogen (secondary N) is 2. The van der Waals surface area contributed by atoms with E-state index in [2.05, 4.69) is 5.32 Å². The molecule has 5 nitrogen and oxygen atoms in total. The van der Waals surface area contributed by atoms with Gasteiger partial charge in [-0.05, 0) is 32.9 Å². The second-order valence-corrected chi connectivity index (χ2v) is 6.79. The Labute approximate surface area is 162 Å². The average molecular weight is 369 g/mol. The quantitative estimate of drug-likeness (QED) is 0.749. The topological polar surface area (TPSA) is 53.9 Å². The van der Waals surface area contributed by atoms with Gasteiger partial charge >= 0.3 is 0 Å². The molecule has 2 atom stereocenters. The Morgan fingerprint density at radius 2 is 1.59 bits per heavy atom. The van der Waals surface area contributed by atoms with Gasteiger partial charge in [-0.1, -0.05) is 48.0 Å². The fraction of sp³-hybridized carbons (Fsp3) is 0.364. The smallest absolute Gasteiger partial charge is 0.285 e. The number of carbonyl (C=O) groups is 2. The minimum Gasteiger partial charge on any atom is -0.338 e. The van der Waals surface area contributed by atoms with Crippen LogP contribution in [0.4, 0.5) is 5.69 Å². The highest BCUT2D eigenvalue weighted by Crippen LogP contribution is 2.13. The fourth-order valence-corrected chi connectivity index (χ4v) is 3.20. The molecule has 2 aromatic carbocycles. The lowest BCUT2D eigenvalue weighted by Gasteiger charge is -2.29. The average Bonchev–Trinajstić information content (AvgIpc) is 2.65. The third kappa shape index (κ3) is 5.66. The van der Waals surface area contributed by atoms with Crippen LogP contribution in [0, 0.1) is 6.92 Å². The molecule has 0 aliphatic carbocycles. The zero-order chi connectivity index (χ0) is 19.8. The summed E-state index contributed by atoms with van der Waals surface area (Å²) < 4.78 is 0. The van der Waals surface area contributed by atoms with Gasteiger partial charge < -0.3 is 15.1 Å². The molecule has 0 aromatic heterocycles. The predicted molar refractivity (Wildman–Crippen MR) is 109 cm³/mol. The number of rotatable bonds is 8. The Balaban J connectivity index is 2.15. The molecule has 5 heteroatoms. The number of amides is 2. The number of likely N-dealkylation sites (N-methyl/N-ethyl adjacent to an activating group) is 2. The van der Waals surface area contributed by atoms with Crippen molar-refractivity contribution in [1.82, 2.24) is 4.90 Å². The molecule has 0 radical (unpaired) electrons. The van der Waals surface area contributed by atoms with Gasteiger partial charge in [0.25, 0.3) is 11.8 Å². The summed E-state index contributed by atoms with van der Waals surface area (Å²) in [6.45, 7) is 7.47. The zero-order valence-corrected chi connectivity index (χ0v) is 16.7. The van der Waals surface area contributed by atoms with E-state index in [1.54, 1.807) is 0 Å². The van der Waals surface area contributed by atoms with Crippen molar-refractivity contribution < 1.29 is 14.5 Å². The Hall–Kier alpha value is -2.66. The summed E-state index contributed by atoms with van der Waals surface area (Å²) in [7, 11) is 1.90. The summed E-state index contributed by atoms with van der Waals surface area (Å²) in [6, 6.07) is 17.0. The molecule has 1 unspecified atom stereocenters. The zero-order valence-electron chi connectivity index (χ0n) is 16.7. The fourth-order valence-electron chi connectivity index (χ4n) is 3.20. The van der Waals surface area contributed by atoms with Crippen LogP contribution in [-0.2, 0) is 9.59 Å². The molecule has 0 heterocycles. The largest absolute Gasteiger partial charge is 0.338 e. The number of carbonyl (C=O) groups excluding carboxylic acids is 2. The Morgan fingerprint density at radius 1 is 1.00 bits per heavy atom. The molecule has 0 spiro atoms. The minimum atomic E-state index is -0.408. The third-order valence-electron chi connectivity index (χ3n) is 4.72. The van der Waals surface area contributed by atoms with Gasteiger partial charge in [-0.15, -0.1) is 0 Å². The maximum Gasteiger partial charge on any atom is 0.285 e. The van der Waals surface area contributed by atoms with Gasteiger partial charge in [-0.3, -0.25) is 9.59 Å². The van der Waals surface area contributed by atoms with Crippen LogP contribution >= 0.6 is 0 Å². The van der Waals surface area contributed by atoms with Crippen LogP contribution in [0.25, 0.3) is 0 Å². The van der Waals surface area contributed by atoms with E-state index in [-0.39, 0.29) is 18.4 Å². The third-order valence-corrected chi connectivity index (χ3v) is 4.72. The first-order valence-corrected chi connectivity index (χ1v) is 9.48. The molecule has 144 valence electrons. The van der Waals surface area contributed by atoms with Crippen molar-refractivity contribution in [2.24, 2.45) is 0 Å². The number of nitrogens with zero attached hydrogens (tertiary/aromatic N) is 1. The van der Waals surface area contributed by atoms with Crippen molar-refractivity contribution in [3.63, 3.8) is 0 Å². The molecular weight excluding hydrogens is 338 g/mol. The van der Waals surface area contributed by atoms with Crippen molar-refractivity contribution >= 4 is 17.5 Å². The summed E-state index contributed by atoms with van der Waals surface area (Å²) in [5.74, 6) is -0.0588. The summed E-state index contributed by atoms with van der Waals surface area (Å²) >= 11 is 0. The van der Waals surface area contributed by atoms with Gasteiger partial charge in [0, 0.05) is 24.3 Å². The van der Waals surface area contributed by atoms with E-state index >= 15 is 0 Å². The van der Waals surface area contributed by atoms with Gasteiger partial charge in [-0.2, -0.15) is 0 Å². The van der Waals surface area contributed by atoms with E-state index in [4.69, 9.17) is 0 Å².